The largest absolute Gasteiger partial charge is 0.497 e. The van der Waals surface area contributed by atoms with Crippen molar-refractivity contribution in [1.29, 1.82) is 0 Å². The van der Waals surface area contributed by atoms with Crippen LogP contribution in [0.15, 0.2) is 48.5 Å². The summed E-state index contributed by atoms with van der Waals surface area (Å²) in [5, 5.41) is 1.25. The van der Waals surface area contributed by atoms with E-state index in [1.807, 2.05) is 12.1 Å². The van der Waals surface area contributed by atoms with Crippen LogP contribution in [0.2, 0.25) is 0 Å². The van der Waals surface area contributed by atoms with Crippen molar-refractivity contribution >= 4 is 10.9 Å². The number of H-pyrrole nitrogens is 1. The van der Waals surface area contributed by atoms with Gasteiger partial charge in [-0.15, -0.1) is 0 Å². The van der Waals surface area contributed by atoms with E-state index >= 15 is 0 Å². The number of hydrogen-bond donors (Lipinski definition) is 1. The maximum Gasteiger partial charge on any atom is 0.119 e. The second-order valence-corrected chi connectivity index (χ2v) is 6.51. The van der Waals surface area contributed by atoms with Crippen LogP contribution in [0.4, 0.5) is 0 Å². The van der Waals surface area contributed by atoms with E-state index in [0.717, 1.165) is 41.3 Å². The molecule has 4 aromatic rings. The quantitative estimate of drug-likeness (QED) is 0.585. The molecule has 1 aliphatic rings. The number of ether oxygens (including phenoxy) is 1. The molecule has 25 heavy (non-hydrogen) atoms. The first-order valence-corrected chi connectivity index (χ1v) is 8.58. The minimum atomic E-state index is 0.896. The molecule has 0 saturated carbocycles. The number of aromatic nitrogens is 3. The Balaban J connectivity index is 1.80. The van der Waals surface area contributed by atoms with Gasteiger partial charge in [-0.3, -0.25) is 0 Å². The van der Waals surface area contributed by atoms with Crippen LogP contribution in [0.25, 0.3) is 33.5 Å². The molecule has 5 rings (SSSR count). The van der Waals surface area contributed by atoms with Crippen molar-refractivity contribution in [3.05, 3.63) is 59.9 Å². The lowest BCUT2D eigenvalue weighted by atomic mass is 9.99. The molecular weight excluding hydrogens is 310 g/mol. The normalized spacial score (nSPS) is 12.9. The summed E-state index contributed by atoms with van der Waals surface area (Å²) in [6, 6.07) is 16.7. The number of benzene rings is 2. The van der Waals surface area contributed by atoms with Gasteiger partial charge in [0.15, 0.2) is 0 Å². The van der Waals surface area contributed by atoms with Gasteiger partial charge >= 0.3 is 0 Å². The first kappa shape index (κ1) is 14.3. The lowest BCUT2D eigenvalue weighted by Crippen LogP contribution is -2.11. The number of aromatic amines is 1. The third kappa shape index (κ3) is 2.03. The lowest BCUT2D eigenvalue weighted by Gasteiger charge is -2.18. The molecular formula is C21H19N3O. The van der Waals surface area contributed by atoms with E-state index < -0.39 is 0 Å². The number of imidazole rings is 1. The fraction of sp³-hybridized carbons (Fsp3) is 0.190. The molecule has 0 spiro atoms. The third-order valence-electron chi connectivity index (χ3n) is 5.14. The van der Waals surface area contributed by atoms with Gasteiger partial charge in [0.1, 0.15) is 11.6 Å². The Morgan fingerprint density at radius 1 is 1.12 bits per heavy atom. The van der Waals surface area contributed by atoms with Crippen LogP contribution in [-0.4, -0.2) is 21.6 Å². The zero-order valence-corrected chi connectivity index (χ0v) is 14.3. The van der Waals surface area contributed by atoms with Gasteiger partial charge in [0.25, 0.3) is 0 Å². The summed E-state index contributed by atoms with van der Waals surface area (Å²) >= 11 is 0. The zero-order chi connectivity index (χ0) is 17.0. The molecule has 1 aliphatic heterocycles. The molecule has 2 aromatic carbocycles. The standard InChI is InChI=1S/C21H19N3O/c1-13-22-19(14-6-4-3-5-7-14)21-20-16(10-11-24(13)21)17-12-15(25-2)8-9-18(17)23-20/h3-9,12,23H,10-11H2,1-2H3. The van der Waals surface area contributed by atoms with Crippen molar-refractivity contribution in [2.45, 2.75) is 19.9 Å². The Labute approximate surface area is 146 Å². The molecule has 0 aliphatic carbocycles. The molecule has 0 fully saturated rings. The summed E-state index contributed by atoms with van der Waals surface area (Å²) in [4.78, 5) is 8.51. The van der Waals surface area contributed by atoms with E-state index in [4.69, 9.17) is 9.72 Å². The highest BCUT2D eigenvalue weighted by Crippen LogP contribution is 2.41. The lowest BCUT2D eigenvalue weighted by molar-refractivity contribution is 0.415. The Bertz CT molecular complexity index is 1090. The summed E-state index contributed by atoms with van der Waals surface area (Å²) in [5.74, 6) is 1.96. The number of hydrogen-bond acceptors (Lipinski definition) is 2. The molecule has 2 aromatic heterocycles. The Hall–Kier alpha value is -3.01. The maximum absolute atomic E-state index is 5.42. The Kier molecular flexibility index (Phi) is 3.01. The smallest absolute Gasteiger partial charge is 0.119 e. The van der Waals surface area contributed by atoms with Crippen molar-refractivity contribution in [1.82, 2.24) is 14.5 Å². The number of nitrogens with one attached hydrogen (secondary N) is 1. The summed E-state index contributed by atoms with van der Waals surface area (Å²) in [5.41, 5.74) is 7.10. The van der Waals surface area contributed by atoms with Gasteiger partial charge < -0.3 is 14.3 Å². The van der Waals surface area contributed by atoms with Gasteiger partial charge in [-0.05, 0) is 37.1 Å². The topological polar surface area (TPSA) is 42.8 Å². The van der Waals surface area contributed by atoms with Crippen LogP contribution in [0.5, 0.6) is 5.75 Å². The maximum atomic E-state index is 5.42. The second kappa shape index (κ2) is 5.24. The minimum absolute atomic E-state index is 0.896. The minimum Gasteiger partial charge on any atom is -0.497 e. The molecule has 0 amide bonds. The van der Waals surface area contributed by atoms with Gasteiger partial charge in [-0.25, -0.2) is 4.98 Å². The van der Waals surface area contributed by atoms with E-state index in [9.17, 15) is 0 Å². The molecule has 124 valence electrons. The van der Waals surface area contributed by atoms with E-state index in [0.29, 0.717) is 0 Å². The number of rotatable bonds is 2. The van der Waals surface area contributed by atoms with Gasteiger partial charge in [0.05, 0.1) is 24.2 Å². The third-order valence-corrected chi connectivity index (χ3v) is 5.14. The predicted molar refractivity (Wildman–Crippen MR) is 99.9 cm³/mol. The number of nitrogens with zero attached hydrogens (tertiary/aromatic N) is 2. The van der Waals surface area contributed by atoms with Gasteiger partial charge in [-0.1, -0.05) is 30.3 Å². The van der Waals surface area contributed by atoms with E-state index in [1.165, 1.54) is 22.3 Å². The van der Waals surface area contributed by atoms with Crippen LogP contribution >= 0.6 is 0 Å². The van der Waals surface area contributed by atoms with Gasteiger partial charge in [-0.2, -0.15) is 0 Å². The average Bonchev–Trinajstić information content (AvgIpc) is 3.19. The summed E-state index contributed by atoms with van der Waals surface area (Å²) in [7, 11) is 1.71. The highest BCUT2D eigenvalue weighted by molar-refractivity contribution is 5.94. The first-order valence-electron chi connectivity index (χ1n) is 8.58. The zero-order valence-electron chi connectivity index (χ0n) is 14.3. The predicted octanol–water partition coefficient (Wildman–Crippen LogP) is 4.57. The van der Waals surface area contributed by atoms with Gasteiger partial charge in [0.2, 0.25) is 0 Å². The highest BCUT2D eigenvalue weighted by Gasteiger charge is 2.27. The van der Waals surface area contributed by atoms with E-state index in [2.05, 4.69) is 52.9 Å². The van der Waals surface area contributed by atoms with Crippen molar-refractivity contribution in [2.24, 2.45) is 0 Å². The van der Waals surface area contributed by atoms with Crippen LogP contribution in [0, 0.1) is 6.92 Å². The SMILES string of the molecule is COc1ccc2[nH]c3c(c2c1)CCn1c(C)nc(-c2ccccc2)c1-3. The van der Waals surface area contributed by atoms with Crippen molar-refractivity contribution in [3.8, 4) is 28.4 Å². The van der Waals surface area contributed by atoms with Crippen molar-refractivity contribution in [2.75, 3.05) is 7.11 Å². The van der Waals surface area contributed by atoms with Crippen molar-refractivity contribution < 1.29 is 4.74 Å². The van der Waals surface area contributed by atoms with Crippen LogP contribution < -0.4 is 4.74 Å². The van der Waals surface area contributed by atoms with Crippen LogP contribution in [0.3, 0.4) is 0 Å². The van der Waals surface area contributed by atoms with Crippen molar-refractivity contribution in [3.63, 3.8) is 0 Å². The average molecular weight is 329 g/mol. The fourth-order valence-electron chi connectivity index (χ4n) is 3.93. The summed E-state index contributed by atoms with van der Waals surface area (Å²) in [6.45, 7) is 3.05. The van der Waals surface area contributed by atoms with E-state index in [1.54, 1.807) is 7.11 Å². The molecule has 0 saturated heterocycles. The number of methoxy groups -OCH3 is 1. The van der Waals surface area contributed by atoms with Gasteiger partial charge in [0, 0.05) is 23.0 Å². The molecule has 0 atom stereocenters. The Morgan fingerprint density at radius 3 is 2.76 bits per heavy atom. The number of fused-ring (bicyclic) bond motifs is 5. The second-order valence-electron chi connectivity index (χ2n) is 6.51. The van der Waals surface area contributed by atoms with E-state index in [-0.39, 0.29) is 0 Å². The molecule has 0 unspecified atom stereocenters. The molecule has 0 radical (unpaired) electrons. The molecule has 3 heterocycles. The number of aryl methyl sites for hydroxylation is 2. The molecule has 4 heteroatoms. The fourth-order valence-corrected chi connectivity index (χ4v) is 3.93. The summed E-state index contributed by atoms with van der Waals surface area (Å²) in [6.07, 6.45) is 1.00. The molecule has 4 nitrogen and oxygen atoms in total. The molecule has 0 bridgehead atoms. The van der Waals surface area contributed by atoms with Crippen LogP contribution in [-0.2, 0) is 13.0 Å². The monoisotopic (exact) mass is 329 g/mol. The van der Waals surface area contributed by atoms with Crippen LogP contribution in [0.1, 0.15) is 11.4 Å². The summed E-state index contributed by atoms with van der Waals surface area (Å²) < 4.78 is 7.75. The first-order chi connectivity index (χ1) is 12.3. The molecule has 1 N–H and O–H groups in total. The highest BCUT2D eigenvalue weighted by atomic mass is 16.5. The Morgan fingerprint density at radius 2 is 1.96 bits per heavy atom.